The van der Waals surface area contributed by atoms with Crippen LogP contribution in [-0.4, -0.2) is 39.2 Å². The first-order chi connectivity index (χ1) is 14.2. The molecule has 30 heavy (non-hydrogen) atoms. The Bertz CT molecular complexity index is 1090. The zero-order valence-corrected chi connectivity index (χ0v) is 17.6. The monoisotopic (exact) mass is 410 g/mol. The third-order valence-electron chi connectivity index (χ3n) is 5.40. The van der Waals surface area contributed by atoms with Crippen molar-refractivity contribution in [3.05, 3.63) is 54.2 Å². The van der Waals surface area contributed by atoms with Crippen LogP contribution in [0.15, 0.2) is 42.9 Å². The van der Waals surface area contributed by atoms with Gasteiger partial charge in [0, 0.05) is 36.8 Å². The maximum atomic E-state index is 13.6. The first-order valence-electron chi connectivity index (χ1n) is 10.2. The summed E-state index contributed by atoms with van der Waals surface area (Å²) in [6, 6.07) is 6.38. The number of likely N-dealkylation sites (tertiary alicyclic amines) is 1. The number of hydrogen-bond acceptors (Lipinski definition) is 4. The first kappa shape index (κ1) is 20.2. The van der Waals surface area contributed by atoms with Gasteiger partial charge in [-0.05, 0) is 63.4 Å². The minimum absolute atomic E-state index is 0.166. The highest BCUT2D eigenvalue weighted by molar-refractivity contribution is 5.86. The summed E-state index contributed by atoms with van der Waals surface area (Å²) in [4.78, 5) is 18.6. The number of halogens is 1. The highest BCUT2D eigenvalue weighted by atomic mass is 19.1. The van der Waals surface area contributed by atoms with Crippen molar-refractivity contribution >= 4 is 22.7 Å². The van der Waals surface area contributed by atoms with Crippen molar-refractivity contribution < 1.29 is 13.9 Å². The van der Waals surface area contributed by atoms with Gasteiger partial charge in [-0.2, -0.15) is 0 Å². The number of hydrogen-bond donors (Lipinski definition) is 1. The van der Waals surface area contributed by atoms with Crippen LogP contribution in [0.4, 0.5) is 14.9 Å². The molecule has 1 aliphatic rings. The van der Waals surface area contributed by atoms with Crippen LogP contribution in [0.25, 0.3) is 16.6 Å². The number of aromatic nitrogens is 2. The van der Waals surface area contributed by atoms with Gasteiger partial charge in [0.05, 0.1) is 23.1 Å². The first-order valence-corrected chi connectivity index (χ1v) is 10.2. The Morgan fingerprint density at radius 3 is 2.83 bits per heavy atom. The molecule has 0 saturated carbocycles. The molecular formula is C23H27FN4O2. The second kappa shape index (κ2) is 7.63. The van der Waals surface area contributed by atoms with Crippen LogP contribution in [0.1, 0.15) is 45.1 Å². The summed E-state index contributed by atoms with van der Waals surface area (Å²) in [6.07, 6.45) is 7.19. The number of nitrogens with zero attached hydrogens (tertiary/aromatic N) is 3. The molecule has 7 heteroatoms. The van der Waals surface area contributed by atoms with Crippen molar-refractivity contribution in [2.24, 2.45) is 0 Å². The van der Waals surface area contributed by atoms with E-state index in [2.05, 4.69) is 4.98 Å². The molecule has 0 aliphatic carbocycles. The zero-order chi connectivity index (χ0) is 21.5. The van der Waals surface area contributed by atoms with E-state index in [1.807, 2.05) is 37.6 Å². The number of carbonyl (C=O) groups excluding carboxylic acids is 1. The third kappa shape index (κ3) is 3.97. The summed E-state index contributed by atoms with van der Waals surface area (Å²) >= 11 is 0. The lowest BCUT2D eigenvalue weighted by Gasteiger charge is -2.34. The number of pyridine rings is 1. The van der Waals surface area contributed by atoms with Crippen molar-refractivity contribution in [1.29, 1.82) is 0 Å². The molecule has 1 fully saturated rings. The van der Waals surface area contributed by atoms with Crippen molar-refractivity contribution in [3.8, 4) is 5.69 Å². The lowest BCUT2D eigenvalue weighted by molar-refractivity contribution is 0.0198. The molecule has 1 aromatic carbocycles. The Labute approximate surface area is 175 Å². The molecule has 2 aromatic heterocycles. The molecule has 1 saturated heterocycles. The van der Waals surface area contributed by atoms with Crippen LogP contribution >= 0.6 is 0 Å². The number of ether oxygens (including phenoxy) is 1. The fourth-order valence-electron chi connectivity index (χ4n) is 4.09. The molecule has 1 aliphatic heterocycles. The molecule has 0 bridgehead atoms. The summed E-state index contributed by atoms with van der Waals surface area (Å²) < 4.78 is 21.1. The van der Waals surface area contributed by atoms with Gasteiger partial charge in [0.25, 0.3) is 0 Å². The van der Waals surface area contributed by atoms with Crippen LogP contribution in [0, 0.1) is 5.82 Å². The van der Waals surface area contributed by atoms with Gasteiger partial charge in [-0.25, -0.2) is 9.18 Å². The number of carbonyl (C=O) groups is 1. The van der Waals surface area contributed by atoms with E-state index in [4.69, 9.17) is 10.5 Å². The van der Waals surface area contributed by atoms with Crippen LogP contribution in [0.5, 0.6) is 0 Å². The number of rotatable bonds is 2. The van der Waals surface area contributed by atoms with Crippen LogP contribution in [-0.2, 0) is 4.74 Å². The number of amides is 1. The molecule has 0 spiro atoms. The molecule has 6 nitrogen and oxygen atoms in total. The molecule has 1 unspecified atom stereocenters. The third-order valence-corrected chi connectivity index (χ3v) is 5.40. The Balaban J connectivity index is 1.70. The van der Waals surface area contributed by atoms with Gasteiger partial charge in [0.15, 0.2) is 0 Å². The maximum absolute atomic E-state index is 13.6. The topological polar surface area (TPSA) is 73.4 Å². The van der Waals surface area contributed by atoms with E-state index in [-0.39, 0.29) is 17.8 Å². The zero-order valence-electron chi connectivity index (χ0n) is 17.6. The quantitative estimate of drug-likeness (QED) is 0.612. The normalized spacial score (nSPS) is 17.3. The largest absolute Gasteiger partial charge is 0.444 e. The number of anilines is 1. The molecule has 1 atom stereocenters. The fourth-order valence-corrected chi connectivity index (χ4v) is 4.09. The lowest BCUT2D eigenvalue weighted by atomic mass is 9.91. The molecule has 3 aromatic rings. The minimum atomic E-state index is -0.522. The fraction of sp³-hybridized carbons (Fsp3) is 0.391. The van der Waals surface area contributed by atoms with E-state index in [1.165, 1.54) is 12.1 Å². The maximum Gasteiger partial charge on any atom is 0.410 e. The summed E-state index contributed by atoms with van der Waals surface area (Å²) in [7, 11) is 0. The molecule has 1 amide bonds. The van der Waals surface area contributed by atoms with Crippen LogP contribution in [0.3, 0.4) is 0 Å². The van der Waals surface area contributed by atoms with E-state index < -0.39 is 5.60 Å². The Hall–Kier alpha value is -3.09. The smallest absolute Gasteiger partial charge is 0.410 e. The second-order valence-electron chi connectivity index (χ2n) is 8.82. The Morgan fingerprint density at radius 2 is 2.10 bits per heavy atom. The van der Waals surface area contributed by atoms with Gasteiger partial charge in [0.1, 0.15) is 11.4 Å². The highest BCUT2D eigenvalue weighted by Gasteiger charge is 2.30. The standard InChI is InChI=1S/C23H27FN4O2/c1-23(2,3)30-22(29)27-10-4-5-15(13-27)18-14-28(21-12-26-9-8-17(18)21)20-7-6-16(24)11-19(20)25/h6-9,11-12,14-15H,4-5,10,13,25H2,1-3H3. The average molecular weight is 410 g/mol. The SMILES string of the molecule is CC(C)(C)OC(=O)N1CCCC(c2cn(-c3ccc(F)cc3N)c3cnccc23)C1. The predicted molar refractivity (Wildman–Crippen MR) is 115 cm³/mol. The van der Waals surface area contributed by atoms with E-state index in [0.29, 0.717) is 24.5 Å². The number of nitrogen functional groups attached to an aromatic ring is 1. The minimum Gasteiger partial charge on any atom is -0.444 e. The van der Waals surface area contributed by atoms with Gasteiger partial charge in [-0.15, -0.1) is 0 Å². The van der Waals surface area contributed by atoms with Crippen molar-refractivity contribution in [2.75, 3.05) is 18.8 Å². The molecule has 158 valence electrons. The number of benzene rings is 1. The van der Waals surface area contributed by atoms with Gasteiger partial charge in [-0.1, -0.05) is 0 Å². The molecule has 4 rings (SSSR count). The van der Waals surface area contributed by atoms with E-state index in [1.54, 1.807) is 23.4 Å². The highest BCUT2D eigenvalue weighted by Crippen LogP contribution is 2.36. The number of fused-ring (bicyclic) bond motifs is 1. The van der Waals surface area contributed by atoms with Gasteiger partial charge < -0.3 is 19.9 Å². The molecule has 2 N–H and O–H groups in total. The van der Waals surface area contributed by atoms with Crippen LogP contribution < -0.4 is 5.73 Å². The lowest BCUT2D eigenvalue weighted by Crippen LogP contribution is -2.42. The summed E-state index contributed by atoms with van der Waals surface area (Å²) in [5.41, 5.74) is 8.68. The van der Waals surface area contributed by atoms with E-state index in [0.717, 1.165) is 29.3 Å². The van der Waals surface area contributed by atoms with Gasteiger partial charge in [-0.3, -0.25) is 4.98 Å². The molecule has 3 heterocycles. The predicted octanol–water partition coefficient (Wildman–Crippen LogP) is 4.86. The Morgan fingerprint density at radius 1 is 1.30 bits per heavy atom. The summed E-state index contributed by atoms with van der Waals surface area (Å²) in [6.45, 7) is 6.91. The molecule has 0 radical (unpaired) electrons. The van der Waals surface area contributed by atoms with Gasteiger partial charge in [0.2, 0.25) is 0 Å². The Kier molecular flexibility index (Phi) is 5.13. The number of piperidine rings is 1. The average Bonchev–Trinajstić information content (AvgIpc) is 3.06. The van der Waals surface area contributed by atoms with Crippen LogP contribution in [0.2, 0.25) is 0 Å². The molecular weight excluding hydrogens is 383 g/mol. The summed E-state index contributed by atoms with van der Waals surface area (Å²) in [5.74, 6) is -0.203. The van der Waals surface area contributed by atoms with Gasteiger partial charge >= 0.3 is 6.09 Å². The second-order valence-corrected chi connectivity index (χ2v) is 8.82. The summed E-state index contributed by atoms with van der Waals surface area (Å²) in [5, 5.41) is 1.06. The van der Waals surface area contributed by atoms with E-state index in [9.17, 15) is 9.18 Å². The van der Waals surface area contributed by atoms with Crippen molar-refractivity contribution in [2.45, 2.75) is 45.1 Å². The van der Waals surface area contributed by atoms with E-state index >= 15 is 0 Å². The van der Waals surface area contributed by atoms with Crippen molar-refractivity contribution in [3.63, 3.8) is 0 Å². The van der Waals surface area contributed by atoms with Crippen molar-refractivity contribution in [1.82, 2.24) is 14.5 Å². The number of nitrogens with two attached hydrogens (primary N) is 1.